The van der Waals surface area contributed by atoms with Crippen molar-refractivity contribution < 1.29 is 8.85 Å². The van der Waals surface area contributed by atoms with Crippen molar-refractivity contribution in [2.45, 2.75) is 12.5 Å². The fraction of sp³-hybridized carbons (Fsp3) is 0.571. The van der Waals surface area contributed by atoms with E-state index in [2.05, 4.69) is 12.6 Å². The van der Waals surface area contributed by atoms with Crippen LogP contribution in [-0.2, 0) is 8.85 Å². The van der Waals surface area contributed by atoms with Crippen LogP contribution in [0, 0.1) is 11.3 Å². The van der Waals surface area contributed by atoms with Gasteiger partial charge in [0, 0.05) is 26.7 Å². The molecule has 0 rings (SSSR count). The zero-order valence-corrected chi connectivity index (χ0v) is 7.96. The van der Waals surface area contributed by atoms with E-state index in [0.29, 0.717) is 12.5 Å². The highest BCUT2D eigenvalue weighted by Crippen LogP contribution is 2.14. The minimum absolute atomic E-state index is 0.458. The summed E-state index contributed by atoms with van der Waals surface area (Å²) in [5.41, 5.74) is 1.70. The lowest BCUT2D eigenvalue weighted by Gasteiger charge is -2.21. The van der Waals surface area contributed by atoms with Gasteiger partial charge in [-0.3, -0.25) is 0 Å². The third kappa shape index (κ3) is 2.85. The molecule has 0 aliphatic carbocycles. The van der Waals surface area contributed by atoms with E-state index in [0.717, 1.165) is 0 Å². The van der Waals surface area contributed by atoms with E-state index in [1.807, 2.05) is 0 Å². The van der Waals surface area contributed by atoms with E-state index in [4.69, 9.17) is 14.1 Å². The molecular formula is C7H13NO2Si. The van der Waals surface area contributed by atoms with E-state index in [1.165, 1.54) is 0 Å². The van der Waals surface area contributed by atoms with Crippen LogP contribution in [0.2, 0.25) is 6.04 Å². The lowest BCUT2D eigenvalue weighted by molar-refractivity contribution is 0.256. The maximum atomic E-state index is 8.34. The molecule has 0 aromatic carbocycles. The molecule has 62 valence electrons. The molecule has 0 spiro atoms. The molecule has 0 saturated heterocycles. The van der Waals surface area contributed by atoms with Crippen molar-refractivity contribution >= 4 is 8.56 Å². The Morgan fingerprint density at radius 2 is 2.09 bits per heavy atom. The first-order valence-electron chi connectivity index (χ1n) is 3.35. The smallest absolute Gasteiger partial charge is 0.364 e. The maximum Gasteiger partial charge on any atom is 0.364 e. The molecule has 3 nitrogen and oxygen atoms in total. The molecule has 0 atom stereocenters. The van der Waals surface area contributed by atoms with Crippen LogP contribution in [0.5, 0.6) is 0 Å². The lowest BCUT2D eigenvalue weighted by atomic mass is 10.6. The van der Waals surface area contributed by atoms with Crippen LogP contribution in [0.15, 0.2) is 12.3 Å². The maximum absolute atomic E-state index is 8.34. The SMILES string of the molecule is C=C[Si](CCC#N)(OC)OC. The zero-order valence-electron chi connectivity index (χ0n) is 6.96. The molecule has 0 amide bonds. The topological polar surface area (TPSA) is 42.2 Å². The quantitative estimate of drug-likeness (QED) is 0.586. The summed E-state index contributed by atoms with van der Waals surface area (Å²) in [5.74, 6) is 0. The highest BCUT2D eigenvalue weighted by molar-refractivity contribution is 6.72. The second kappa shape index (κ2) is 5.08. The largest absolute Gasteiger partial charge is 0.395 e. The summed E-state index contributed by atoms with van der Waals surface area (Å²) >= 11 is 0. The van der Waals surface area contributed by atoms with Crippen molar-refractivity contribution in [3.05, 3.63) is 12.3 Å². The van der Waals surface area contributed by atoms with Crippen LogP contribution >= 0.6 is 0 Å². The van der Waals surface area contributed by atoms with Crippen molar-refractivity contribution in [3.63, 3.8) is 0 Å². The summed E-state index contributed by atoms with van der Waals surface area (Å²) in [6.07, 6.45) is 0.458. The Kier molecular flexibility index (Phi) is 4.78. The molecular weight excluding hydrogens is 158 g/mol. The zero-order chi connectivity index (χ0) is 8.74. The number of nitrogens with zero attached hydrogens (tertiary/aromatic N) is 1. The Bertz CT molecular complexity index is 160. The first-order valence-corrected chi connectivity index (χ1v) is 5.45. The fourth-order valence-corrected chi connectivity index (χ4v) is 2.36. The van der Waals surface area contributed by atoms with Gasteiger partial charge in [-0.1, -0.05) is 0 Å². The van der Waals surface area contributed by atoms with E-state index in [-0.39, 0.29) is 0 Å². The fourth-order valence-electron chi connectivity index (χ4n) is 0.786. The average Bonchev–Trinajstić information content (AvgIpc) is 2.08. The summed E-state index contributed by atoms with van der Waals surface area (Å²) in [7, 11) is 0.987. The molecule has 0 bridgehead atoms. The highest BCUT2D eigenvalue weighted by Gasteiger charge is 2.30. The second-order valence-corrected chi connectivity index (χ2v) is 5.43. The summed E-state index contributed by atoms with van der Waals surface area (Å²) in [5, 5.41) is 8.34. The van der Waals surface area contributed by atoms with E-state index in [9.17, 15) is 0 Å². The molecule has 4 heteroatoms. The number of hydrogen-bond acceptors (Lipinski definition) is 3. The second-order valence-electron chi connectivity index (χ2n) is 2.08. The summed E-state index contributed by atoms with van der Waals surface area (Å²) in [6, 6.07) is 2.71. The van der Waals surface area contributed by atoms with Crippen LogP contribution in [0.3, 0.4) is 0 Å². The highest BCUT2D eigenvalue weighted by atomic mass is 28.4. The van der Waals surface area contributed by atoms with Gasteiger partial charge in [0.15, 0.2) is 0 Å². The Balaban J connectivity index is 4.07. The number of hydrogen-bond donors (Lipinski definition) is 0. The van der Waals surface area contributed by atoms with Crippen molar-refractivity contribution in [2.24, 2.45) is 0 Å². The van der Waals surface area contributed by atoms with Crippen LogP contribution in [0.25, 0.3) is 0 Å². The first-order chi connectivity index (χ1) is 5.24. The van der Waals surface area contributed by atoms with Gasteiger partial charge in [0.05, 0.1) is 6.07 Å². The molecule has 0 heterocycles. The average molecular weight is 171 g/mol. The molecule has 0 aromatic rings. The van der Waals surface area contributed by atoms with Crippen molar-refractivity contribution in [1.82, 2.24) is 0 Å². The number of nitriles is 1. The van der Waals surface area contributed by atoms with Crippen molar-refractivity contribution in [3.8, 4) is 6.07 Å². The van der Waals surface area contributed by atoms with Crippen molar-refractivity contribution in [2.75, 3.05) is 14.2 Å². The molecule has 0 aromatic heterocycles. The molecule has 0 saturated carbocycles. The molecule has 0 N–H and O–H groups in total. The minimum atomic E-state index is -2.20. The number of rotatable bonds is 5. The Morgan fingerprint density at radius 1 is 1.55 bits per heavy atom. The van der Waals surface area contributed by atoms with Gasteiger partial charge in [-0.2, -0.15) is 5.26 Å². The van der Waals surface area contributed by atoms with Crippen LogP contribution in [-0.4, -0.2) is 22.8 Å². The predicted molar refractivity (Wildman–Crippen MR) is 45.0 cm³/mol. The van der Waals surface area contributed by atoms with E-state index in [1.54, 1.807) is 19.9 Å². The summed E-state index contributed by atoms with van der Waals surface area (Å²) < 4.78 is 10.4. The van der Waals surface area contributed by atoms with Crippen molar-refractivity contribution in [1.29, 1.82) is 5.26 Å². The van der Waals surface area contributed by atoms with Gasteiger partial charge >= 0.3 is 8.56 Å². The van der Waals surface area contributed by atoms with Gasteiger partial charge in [0.25, 0.3) is 0 Å². The summed E-state index contributed by atoms with van der Waals surface area (Å²) in [4.78, 5) is 0. The third-order valence-electron chi connectivity index (χ3n) is 1.59. The predicted octanol–water partition coefficient (Wildman–Crippen LogP) is 1.36. The standard InChI is InChI=1S/C7H13NO2Si/c1-4-11(9-2,10-3)7-5-6-8/h4H,1,5,7H2,2-3H3. The van der Waals surface area contributed by atoms with Gasteiger partial charge in [0.1, 0.15) is 0 Å². The monoisotopic (exact) mass is 171 g/mol. The summed E-state index contributed by atoms with van der Waals surface area (Å²) in [6.45, 7) is 3.63. The normalized spacial score (nSPS) is 10.6. The van der Waals surface area contributed by atoms with Crippen LogP contribution in [0.4, 0.5) is 0 Å². The van der Waals surface area contributed by atoms with Crippen LogP contribution < -0.4 is 0 Å². The van der Waals surface area contributed by atoms with Gasteiger partial charge in [-0.25, -0.2) is 0 Å². The Labute approximate surface area is 68.5 Å². The molecule has 0 aliphatic rings. The van der Waals surface area contributed by atoms with Gasteiger partial charge in [0.2, 0.25) is 0 Å². The van der Waals surface area contributed by atoms with E-state index >= 15 is 0 Å². The Morgan fingerprint density at radius 3 is 2.36 bits per heavy atom. The molecule has 0 radical (unpaired) electrons. The molecule has 0 fully saturated rings. The van der Waals surface area contributed by atoms with Gasteiger partial charge < -0.3 is 8.85 Å². The van der Waals surface area contributed by atoms with Gasteiger partial charge in [-0.05, 0) is 5.70 Å². The minimum Gasteiger partial charge on any atom is -0.395 e. The third-order valence-corrected chi connectivity index (χ3v) is 4.54. The molecule has 0 unspecified atom stereocenters. The Hall–Kier alpha value is -0.633. The lowest BCUT2D eigenvalue weighted by Crippen LogP contribution is -2.37. The van der Waals surface area contributed by atoms with E-state index < -0.39 is 8.56 Å². The van der Waals surface area contributed by atoms with Gasteiger partial charge in [-0.15, -0.1) is 6.58 Å². The molecule has 11 heavy (non-hydrogen) atoms. The molecule has 0 aliphatic heterocycles. The van der Waals surface area contributed by atoms with Crippen LogP contribution in [0.1, 0.15) is 6.42 Å². The first kappa shape index (κ1) is 10.4.